The maximum Gasteiger partial charge on any atom is 0.401 e. The van der Waals surface area contributed by atoms with Crippen molar-refractivity contribution in [3.63, 3.8) is 0 Å². The molecule has 0 radical (unpaired) electrons. The van der Waals surface area contributed by atoms with E-state index in [9.17, 15) is 22.8 Å². The van der Waals surface area contributed by atoms with Gasteiger partial charge in [-0.05, 0) is 23.6 Å². The molecule has 3 heterocycles. The van der Waals surface area contributed by atoms with Crippen LogP contribution in [0.25, 0.3) is 22.2 Å². The van der Waals surface area contributed by atoms with Crippen LogP contribution in [0, 0.1) is 5.92 Å². The van der Waals surface area contributed by atoms with Gasteiger partial charge < -0.3 is 16.0 Å². The van der Waals surface area contributed by atoms with Gasteiger partial charge in [-0.25, -0.2) is 4.98 Å². The van der Waals surface area contributed by atoms with Crippen molar-refractivity contribution in [3.8, 4) is 11.1 Å². The van der Waals surface area contributed by atoms with Crippen LogP contribution < -0.4 is 16.4 Å². The molecule has 3 aromatic rings. The number of nitrogens with one attached hydrogen (secondary N) is 3. The number of nitrogens with zero attached hydrogens (tertiary/aromatic N) is 2. The fraction of sp³-hybridized carbons (Fsp3) is 0.391. The van der Waals surface area contributed by atoms with Gasteiger partial charge in [-0.2, -0.15) is 13.2 Å². The summed E-state index contributed by atoms with van der Waals surface area (Å²) in [6.45, 7) is 3.91. The predicted octanol–water partition coefficient (Wildman–Crippen LogP) is 3.14. The first-order valence-corrected chi connectivity index (χ1v) is 10.8. The molecular formula is C23H27F3N6O2. The van der Waals surface area contributed by atoms with Crippen molar-refractivity contribution in [2.24, 2.45) is 11.7 Å². The number of amides is 2. The first-order valence-electron chi connectivity index (χ1n) is 10.8. The fourth-order valence-electron chi connectivity index (χ4n) is 3.90. The van der Waals surface area contributed by atoms with Gasteiger partial charge in [0.05, 0.1) is 6.54 Å². The summed E-state index contributed by atoms with van der Waals surface area (Å²) in [7, 11) is 0. The number of halogens is 3. The van der Waals surface area contributed by atoms with Crippen molar-refractivity contribution in [2.45, 2.75) is 45.5 Å². The average Bonchev–Trinajstić information content (AvgIpc) is 3.20. The van der Waals surface area contributed by atoms with Crippen LogP contribution in [0.4, 0.5) is 13.2 Å². The van der Waals surface area contributed by atoms with Crippen LogP contribution in [0.3, 0.4) is 0 Å². The molecule has 2 amide bonds. The molecule has 11 heteroatoms. The number of aromatic nitrogens is 3. The number of H-pyrrole nitrogens is 1. The Morgan fingerprint density at radius 1 is 1.18 bits per heavy atom. The number of primary amides is 1. The molecule has 3 aromatic heterocycles. The molecule has 5 N–H and O–H groups in total. The molecule has 1 atom stereocenters. The third-order valence-electron chi connectivity index (χ3n) is 5.73. The Morgan fingerprint density at radius 2 is 1.91 bits per heavy atom. The normalized spacial score (nSPS) is 13.7. The van der Waals surface area contributed by atoms with Gasteiger partial charge >= 0.3 is 6.18 Å². The van der Waals surface area contributed by atoms with Crippen LogP contribution >= 0.6 is 0 Å². The third kappa shape index (κ3) is 5.19. The lowest BCUT2D eigenvalue weighted by Gasteiger charge is -2.36. The van der Waals surface area contributed by atoms with Crippen molar-refractivity contribution < 1.29 is 22.8 Å². The topological polar surface area (TPSA) is 126 Å². The van der Waals surface area contributed by atoms with Crippen molar-refractivity contribution in [1.82, 2.24) is 25.6 Å². The van der Waals surface area contributed by atoms with Crippen LogP contribution in [-0.4, -0.2) is 39.5 Å². The second-order valence-corrected chi connectivity index (χ2v) is 8.33. The highest BCUT2D eigenvalue weighted by Gasteiger charge is 2.44. The number of nitrogens with two attached hydrogens (primary N) is 1. The minimum absolute atomic E-state index is 0.0888. The van der Waals surface area contributed by atoms with Gasteiger partial charge in [0.15, 0.2) is 0 Å². The molecule has 0 spiro atoms. The molecule has 0 saturated heterocycles. The summed E-state index contributed by atoms with van der Waals surface area (Å²) in [5, 5.41) is 5.87. The highest BCUT2D eigenvalue weighted by molar-refractivity contribution is 5.94. The van der Waals surface area contributed by atoms with E-state index in [-0.39, 0.29) is 11.5 Å². The monoisotopic (exact) mass is 476 g/mol. The zero-order chi connectivity index (χ0) is 25.1. The maximum absolute atomic E-state index is 13.0. The van der Waals surface area contributed by atoms with Crippen molar-refractivity contribution in [1.29, 1.82) is 0 Å². The van der Waals surface area contributed by atoms with Crippen molar-refractivity contribution >= 4 is 22.8 Å². The van der Waals surface area contributed by atoms with E-state index in [1.54, 1.807) is 45.4 Å². The van der Waals surface area contributed by atoms with E-state index >= 15 is 0 Å². The number of hydrogen-bond donors (Lipinski definition) is 4. The second kappa shape index (κ2) is 9.80. The third-order valence-corrected chi connectivity index (χ3v) is 5.73. The summed E-state index contributed by atoms with van der Waals surface area (Å²) in [6, 6.07) is 3.47. The van der Waals surface area contributed by atoms with E-state index in [2.05, 4.69) is 25.6 Å². The Bertz CT molecular complexity index is 1190. The van der Waals surface area contributed by atoms with Gasteiger partial charge in [-0.3, -0.25) is 19.9 Å². The minimum atomic E-state index is -4.53. The zero-order valence-electron chi connectivity index (χ0n) is 19.1. The number of carbonyl (C=O) groups excluding carboxylic acids is 2. The van der Waals surface area contributed by atoms with Crippen molar-refractivity contribution in [2.75, 3.05) is 6.54 Å². The Hall–Kier alpha value is -3.47. The van der Waals surface area contributed by atoms with Gasteiger partial charge in [-0.1, -0.05) is 20.8 Å². The van der Waals surface area contributed by atoms with E-state index in [1.165, 1.54) is 6.20 Å². The molecule has 0 unspecified atom stereocenters. The summed E-state index contributed by atoms with van der Waals surface area (Å²) in [5.74, 6) is -1.61. The molecule has 0 fully saturated rings. The molecule has 0 aromatic carbocycles. The lowest BCUT2D eigenvalue weighted by atomic mass is 9.79. The SMILES string of the molecule is CCC(=O)NCc1cnc2[nH]cc(-c3cncc([C@@](NCC(F)(F)F)(C(N)=O)C(C)C)c3)c2c1. The first-order chi connectivity index (χ1) is 16.0. The Morgan fingerprint density at radius 3 is 2.53 bits per heavy atom. The number of fused-ring (bicyclic) bond motifs is 1. The molecule has 0 saturated carbocycles. The van der Waals surface area contributed by atoms with Crippen LogP contribution in [0.2, 0.25) is 0 Å². The smallest absolute Gasteiger partial charge is 0.368 e. The van der Waals surface area contributed by atoms with E-state index < -0.39 is 30.1 Å². The first kappa shape index (κ1) is 25.2. The van der Waals surface area contributed by atoms with E-state index in [0.29, 0.717) is 29.7 Å². The molecule has 8 nitrogen and oxygen atoms in total. The molecule has 3 rings (SSSR count). The van der Waals surface area contributed by atoms with E-state index in [4.69, 9.17) is 5.73 Å². The average molecular weight is 477 g/mol. The molecule has 34 heavy (non-hydrogen) atoms. The number of aromatic amines is 1. The Labute approximate surface area is 194 Å². The number of rotatable bonds is 9. The number of pyridine rings is 2. The van der Waals surface area contributed by atoms with Gasteiger partial charge in [0.1, 0.15) is 11.2 Å². The molecule has 0 aliphatic heterocycles. The quantitative estimate of drug-likeness (QED) is 0.378. The van der Waals surface area contributed by atoms with Gasteiger partial charge in [0.25, 0.3) is 0 Å². The summed E-state index contributed by atoms with van der Waals surface area (Å²) >= 11 is 0. The Kier molecular flexibility index (Phi) is 7.25. The fourth-order valence-corrected chi connectivity index (χ4v) is 3.90. The number of carbonyl (C=O) groups is 2. The van der Waals surface area contributed by atoms with Crippen LogP contribution in [0.5, 0.6) is 0 Å². The van der Waals surface area contributed by atoms with E-state index in [1.807, 2.05) is 6.07 Å². The highest BCUT2D eigenvalue weighted by Crippen LogP contribution is 2.34. The largest absolute Gasteiger partial charge is 0.401 e. The molecule has 0 bridgehead atoms. The zero-order valence-corrected chi connectivity index (χ0v) is 19.1. The molecule has 0 aliphatic rings. The maximum atomic E-state index is 13.0. The van der Waals surface area contributed by atoms with Gasteiger partial charge in [0, 0.05) is 59.8 Å². The summed E-state index contributed by atoms with van der Waals surface area (Å²) in [5.41, 5.74) is 6.71. The standard InChI is InChI=1S/C23H27F3N6O2/c1-4-19(33)29-7-14-5-17-18(11-31-20(17)30-8-14)15-6-16(10-28-9-15)23(13(2)3,21(27)34)32-12-22(24,25)26/h5-6,8-11,13,32H,4,7,12H2,1-3H3,(H2,27,34)(H,29,33)(H,30,31)/t23-/m1/s1. The van der Waals surface area contributed by atoms with Crippen molar-refractivity contribution in [3.05, 3.63) is 48.0 Å². The molecule has 182 valence electrons. The summed E-state index contributed by atoms with van der Waals surface area (Å²) in [6.07, 6.45) is 2.07. The second-order valence-electron chi connectivity index (χ2n) is 8.33. The Balaban J connectivity index is 2.05. The summed E-state index contributed by atoms with van der Waals surface area (Å²) < 4.78 is 39.0. The van der Waals surface area contributed by atoms with E-state index in [0.717, 1.165) is 10.9 Å². The predicted molar refractivity (Wildman–Crippen MR) is 121 cm³/mol. The number of hydrogen-bond acceptors (Lipinski definition) is 5. The molecule has 0 aliphatic carbocycles. The lowest BCUT2D eigenvalue weighted by molar-refractivity contribution is -0.139. The molecular weight excluding hydrogens is 449 g/mol. The van der Waals surface area contributed by atoms with Gasteiger partial charge in [0.2, 0.25) is 11.8 Å². The lowest BCUT2D eigenvalue weighted by Crippen LogP contribution is -2.58. The highest BCUT2D eigenvalue weighted by atomic mass is 19.4. The van der Waals surface area contributed by atoms with Crippen LogP contribution in [0.15, 0.2) is 36.9 Å². The van der Waals surface area contributed by atoms with Gasteiger partial charge in [-0.15, -0.1) is 0 Å². The van der Waals surface area contributed by atoms with Crippen LogP contribution in [-0.2, 0) is 21.7 Å². The van der Waals surface area contributed by atoms with Crippen LogP contribution in [0.1, 0.15) is 38.3 Å². The minimum Gasteiger partial charge on any atom is -0.368 e. The number of alkyl halides is 3. The summed E-state index contributed by atoms with van der Waals surface area (Å²) in [4.78, 5) is 35.7.